The van der Waals surface area contributed by atoms with Gasteiger partial charge >= 0.3 is 6.09 Å². The Morgan fingerprint density at radius 1 is 1.05 bits per heavy atom. The molecule has 3 heterocycles. The Morgan fingerprint density at radius 3 is 2.55 bits per heavy atom. The van der Waals surface area contributed by atoms with E-state index in [1.165, 1.54) is 28.6 Å². The zero-order chi connectivity index (χ0) is 28.7. The van der Waals surface area contributed by atoms with Gasteiger partial charge in [0, 0.05) is 13.1 Å². The van der Waals surface area contributed by atoms with Crippen LogP contribution in [0.3, 0.4) is 0 Å². The van der Waals surface area contributed by atoms with E-state index in [2.05, 4.69) is 31.8 Å². The van der Waals surface area contributed by atoms with Gasteiger partial charge in [0.25, 0.3) is 0 Å². The number of hydrogen-bond acceptors (Lipinski definition) is 10. The number of carbonyl (C=O) groups excluding carboxylic acids is 1. The minimum atomic E-state index is -0.598. The Kier molecular flexibility index (Phi) is 8.81. The van der Waals surface area contributed by atoms with Gasteiger partial charge in [0.15, 0.2) is 17.3 Å². The second kappa shape index (κ2) is 12.4. The number of pyridine rings is 1. The molecule has 0 radical (unpaired) electrons. The van der Waals surface area contributed by atoms with Gasteiger partial charge in [-0.2, -0.15) is 0 Å². The minimum Gasteiger partial charge on any atom is -0.493 e. The van der Waals surface area contributed by atoms with Crippen LogP contribution < -0.4 is 19.1 Å². The smallest absolute Gasteiger partial charge is 0.415 e. The number of rotatable bonds is 7. The summed E-state index contributed by atoms with van der Waals surface area (Å²) in [5.41, 5.74) is 1.57. The number of fused-ring (bicyclic) bond motifs is 1. The molecule has 11 heteroatoms. The molecule has 0 fully saturated rings. The highest BCUT2D eigenvalue weighted by Crippen LogP contribution is 2.28. The second-order valence-electron chi connectivity index (χ2n) is 9.41. The highest BCUT2D eigenvalue weighted by atomic mass is 32.1. The molecule has 0 unspecified atom stereocenters. The van der Waals surface area contributed by atoms with Gasteiger partial charge in [-0.3, -0.25) is 4.90 Å². The first-order chi connectivity index (χ1) is 19.1. The molecule has 0 bridgehead atoms. The molecular formula is C29H29N5O5S. The molecule has 1 aromatic carbocycles. The maximum Gasteiger partial charge on any atom is 0.415 e. The summed E-state index contributed by atoms with van der Waals surface area (Å²) in [5.74, 6) is 8.02. The molecule has 1 amide bonds. The van der Waals surface area contributed by atoms with E-state index in [4.69, 9.17) is 18.9 Å². The van der Waals surface area contributed by atoms with E-state index >= 15 is 0 Å². The van der Waals surface area contributed by atoms with Crippen molar-refractivity contribution in [3.8, 4) is 29.2 Å². The molecule has 0 aliphatic carbocycles. The number of methoxy groups -OCH3 is 2. The van der Waals surface area contributed by atoms with E-state index < -0.39 is 11.7 Å². The Morgan fingerprint density at radius 2 is 1.85 bits per heavy atom. The Bertz CT molecular complexity index is 1580. The molecule has 206 valence electrons. The second-order valence-corrected chi connectivity index (χ2v) is 10.4. The topological polar surface area (TPSA) is 109 Å². The summed E-state index contributed by atoms with van der Waals surface area (Å²) in [6.07, 6.45) is 5.96. The SMILES string of the molecule is COc1ccc(COc2ccc3nc(/C=C/C#Cc4cnc(N(C)C(=O)OC(C)(C)C)cn4)sc3n2)cc1OC. The summed E-state index contributed by atoms with van der Waals surface area (Å²) in [6, 6.07) is 9.29. The predicted molar refractivity (Wildman–Crippen MR) is 154 cm³/mol. The first-order valence-corrected chi connectivity index (χ1v) is 13.0. The fourth-order valence-electron chi connectivity index (χ4n) is 3.31. The van der Waals surface area contributed by atoms with Crippen molar-refractivity contribution >= 4 is 39.7 Å². The maximum absolute atomic E-state index is 12.2. The van der Waals surface area contributed by atoms with Gasteiger partial charge in [-0.1, -0.05) is 23.3 Å². The van der Waals surface area contributed by atoms with Crippen LogP contribution in [0.4, 0.5) is 10.6 Å². The van der Waals surface area contributed by atoms with E-state index in [0.29, 0.717) is 35.5 Å². The zero-order valence-electron chi connectivity index (χ0n) is 23.1. The summed E-state index contributed by atoms with van der Waals surface area (Å²) < 4.78 is 21.8. The Hall–Kier alpha value is -4.69. The molecule has 0 N–H and O–H groups in total. The minimum absolute atomic E-state index is 0.335. The van der Waals surface area contributed by atoms with E-state index in [1.54, 1.807) is 54.2 Å². The molecule has 0 aliphatic heterocycles. The van der Waals surface area contributed by atoms with Crippen molar-refractivity contribution in [2.24, 2.45) is 0 Å². The lowest BCUT2D eigenvalue weighted by Gasteiger charge is -2.23. The van der Waals surface area contributed by atoms with E-state index in [0.717, 1.165) is 20.9 Å². The number of carbonyl (C=O) groups is 1. The first kappa shape index (κ1) is 28.3. The van der Waals surface area contributed by atoms with Crippen LogP contribution in [0.1, 0.15) is 37.0 Å². The molecule has 0 saturated carbocycles. The molecule has 10 nitrogen and oxygen atoms in total. The van der Waals surface area contributed by atoms with E-state index in [-0.39, 0.29) is 0 Å². The largest absolute Gasteiger partial charge is 0.493 e. The standard InChI is InChI=1S/C29H29N5O5S/c1-29(2,3)39-28(35)34(4)24-17-30-20(16-31-24)9-7-8-10-26-32-21-12-14-25(33-27(21)40-26)38-18-19-11-13-22(36-5)23(15-19)37-6/h8,10-17H,18H2,1-6H3/b10-8+. The lowest BCUT2D eigenvalue weighted by Crippen LogP contribution is -2.34. The summed E-state index contributed by atoms with van der Waals surface area (Å²) in [4.78, 5) is 31.9. The van der Waals surface area contributed by atoms with Crippen LogP contribution in [-0.2, 0) is 11.3 Å². The van der Waals surface area contributed by atoms with E-state index in [9.17, 15) is 4.79 Å². The van der Waals surface area contributed by atoms with Crippen molar-refractivity contribution in [3.05, 3.63) is 65.1 Å². The van der Waals surface area contributed by atoms with Crippen molar-refractivity contribution in [2.45, 2.75) is 33.0 Å². The number of hydrogen-bond donors (Lipinski definition) is 0. The van der Waals surface area contributed by atoms with Crippen molar-refractivity contribution in [2.75, 3.05) is 26.2 Å². The Labute approximate surface area is 236 Å². The lowest BCUT2D eigenvalue weighted by molar-refractivity contribution is 0.0588. The summed E-state index contributed by atoms with van der Waals surface area (Å²) in [7, 11) is 4.77. The van der Waals surface area contributed by atoms with Crippen molar-refractivity contribution in [1.82, 2.24) is 19.9 Å². The quantitative estimate of drug-likeness (QED) is 0.271. The molecular weight excluding hydrogens is 530 g/mol. The van der Waals surface area contributed by atoms with Gasteiger partial charge in [-0.15, -0.1) is 0 Å². The molecule has 0 spiro atoms. The number of ether oxygens (including phenoxy) is 4. The summed E-state index contributed by atoms with van der Waals surface area (Å²) in [5, 5.41) is 0.759. The predicted octanol–water partition coefficient (Wildman–Crippen LogP) is 5.51. The number of allylic oxidation sites excluding steroid dienone is 1. The number of anilines is 1. The van der Waals surface area contributed by atoms with Crippen LogP contribution in [0.2, 0.25) is 0 Å². The zero-order valence-corrected chi connectivity index (χ0v) is 23.9. The van der Waals surface area contributed by atoms with Gasteiger partial charge in [0.1, 0.15) is 33.3 Å². The van der Waals surface area contributed by atoms with Crippen LogP contribution >= 0.6 is 11.3 Å². The van der Waals surface area contributed by atoms with Gasteiger partial charge in [-0.25, -0.2) is 24.7 Å². The third-order valence-corrected chi connectivity index (χ3v) is 6.17. The highest BCUT2D eigenvalue weighted by molar-refractivity contribution is 7.18. The van der Waals surface area contributed by atoms with Crippen LogP contribution in [0, 0.1) is 11.8 Å². The number of nitrogens with zero attached hydrogens (tertiary/aromatic N) is 5. The van der Waals surface area contributed by atoms with Crippen molar-refractivity contribution in [3.63, 3.8) is 0 Å². The lowest BCUT2D eigenvalue weighted by atomic mass is 10.2. The fourth-order valence-corrected chi connectivity index (χ4v) is 4.14. The Balaban J connectivity index is 1.36. The van der Waals surface area contributed by atoms with Crippen LogP contribution in [0.15, 0.2) is 48.8 Å². The number of amides is 1. The fraction of sp³-hybridized carbons (Fsp3) is 0.276. The highest BCUT2D eigenvalue weighted by Gasteiger charge is 2.21. The number of aromatic nitrogens is 4. The third-order valence-electron chi connectivity index (χ3n) is 5.24. The van der Waals surface area contributed by atoms with E-state index in [1.807, 2.05) is 30.3 Å². The molecule has 4 aromatic rings. The summed E-state index contributed by atoms with van der Waals surface area (Å²) >= 11 is 1.43. The van der Waals surface area contributed by atoms with Gasteiger partial charge < -0.3 is 18.9 Å². The van der Waals surface area contributed by atoms with Crippen molar-refractivity contribution in [1.29, 1.82) is 0 Å². The van der Waals surface area contributed by atoms with Gasteiger partial charge in [-0.05, 0) is 62.6 Å². The summed E-state index contributed by atoms with van der Waals surface area (Å²) in [6.45, 7) is 5.74. The average Bonchev–Trinajstić information content (AvgIpc) is 3.35. The molecule has 3 aromatic heterocycles. The van der Waals surface area contributed by atoms with Gasteiger partial charge in [0.05, 0.1) is 26.6 Å². The maximum atomic E-state index is 12.2. The number of thiazole rings is 1. The molecule has 40 heavy (non-hydrogen) atoms. The van der Waals surface area contributed by atoms with Crippen LogP contribution in [0.25, 0.3) is 16.4 Å². The first-order valence-electron chi connectivity index (χ1n) is 12.2. The van der Waals surface area contributed by atoms with Crippen LogP contribution in [-0.4, -0.2) is 52.9 Å². The average molecular weight is 560 g/mol. The molecule has 0 atom stereocenters. The monoisotopic (exact) mass is 559 g/mol. The van der Waals surface area contributed by atoms with Crippen LogP contribution in [0.5, 0.6) is 17.4 Å². The normalized spacial score (nSPS) is 11.2. The number of benzene rings is 1. The third kappa shape index (κ3) is 7.45. The van der Waals surface area contributed by atoms with Gasteiger partial charge in [0.2, 0.25) is 5.88 Å². The van der Waals surface area contributed by atoms with Crippen molar-refractivity contribution < 1.29 is 23.7 Å². The molecule has 0 aliphatic rings. The molecule has 4 rings (SSSR count). The molecule has 0 saturated heterocycles.